The Hall–Kier alpha value is -3.29. The number of aryl methyl sites for hydroxylation is 1. The molecule has 33 heavy (non-hydrogen) atoms. The van der Waals surface area contributed by atoms with Gasteiger partial charge in [0.1, 0.15) is 5.69 Å². The first-order valence-corrected chi connectivity index (χ1v) is 11.0. The van der Waals surface area contributed by atoms with Crippen LogP contribution in [0.4, 0.5) is 13.2 Å². The molecule has 5 nitrogen and oxygen atoms in total. The van der Waals surface area contributed by atoms with Gasteiger partial charge in [-0.25, -0.2) is 0 Å². The number of fused-ring (bicyclic) bond motifs is 1. The highest BCUT2D eigenvalue weighted by molar-refractivity contribution is 5.98. The second-order valence-electron chi connectivity index (χ2n) is 8.70. The number of carbonyl (C=O) groups is 2. The van der Waals surface area contributed by atoms with E-state index in [1.54, 1.807) is 10.6 Å². The van der Waals surface area contributed by atoms with E-state index in [1.165, 1.54) is 6.07 Å². The van der Waals surface area contributed by atoms with Gasteiger partial charge in [-0.2, -0.15) is 13.2 Å². The molecule has 1 saturated carbocycles. The van der Waals surface area contributed by atoms with Crippen LogP contribution in [0.3, 0.4) is 0 Å². The first-order chi connectivity index (χ1) is 15.6. The Morgan fingerprint density at radius 2 is 1.76 bits per heavy atom. The standard InChI is InChI=1S/C25H26F3N3O2/c1-31-21-7-3-6-19(20(21)13-22(31)23(29)32)16-8-10-17(11-9-16)24(33)30-14-15-4-2-5-18(12-15)25(26,27)28/h2-7,12-13,16-17H,8-11,14H2,1H3,(H2,29,32)(H,30,33). The number of alkyl halides is 3. The Morgan fingerprint density at radius 1 is 1.06 bits per heavy atom. The zero-order valence-corrected chi connectivity index (χ0v) is 18.3. The number of nitrogens with zero attached hydrogens (tertiary/aromatic N) is 1. The topological polar surface area (TPSA) is 77.1 Å². The van der Waals surface area contributed by atoms with Crippen LogP contribution in [0.5, 0.6) is 0 Å². The molecule has 0 bridgehead atoms. The molecule has 0 radical (unpaired) electrons. The van der Waals surface area contributed by atoms with Crippen LogP contribution in [0.15, 0.2) is 48.5 Å². The molecule has 0 saturated heterocycles. The fourth-order valence-corrected chi connectivity index (χ4v) is 4.83. The maximum Gasteiger partial charge on any atom is 0.416 e. The predicted octanol–water partition coefficient (Wildman–Crippen LogP) is 4.89. The number of nitrogens with two attached hydrogens (primary N) is 1. The lowest BCUT2D eigenvalue weighted by Crippen LogP contribution is -2.32. The molecule has 1 aliphatic carbocycles. The van der Waals surface area contributed by atoms with E-state index in [0.717, 1.165) is 41.4 Å². The fraction of sp³-hybridized carbons (Fsp3) is 0.360. The number of primary amides is 1. The van der Waals surface area contributed by atoms with Gasteiger partial charge in [-0.1, -0.05) is 24.3 Å². The smallest absolute Gasteiger partial charge is 0.364 e. The normalized spacial score (nSPS) is 18.9. The van der Waals surface area contributed by atoms with Crippen molar-refractivity contribution in [2.24, 2.45) is 18.7 Å². The highest BCUT2D eigenvalue weighted by atomic mass is 19.4. The molecular weight excluding hydrogens is 431 g/mol. The van der Waals surface area contributed by atoms with Crippen molar-refractivity contribution in [2.45, 2.75) is 44.3 Å². The summed E-state index contributed by atoms with van der Waals surface area (Å²) < 4.78 is 40.4. The van der Waals surface area contributed by atoms with E-state index in [1.807, 2.05) is 25.2 Å². The summed E-state index contributed by atoms with van der Waals surface area (Å²) in [6.07, 6.45) is -1.36. The Kier molecular flexibility index (Phi) is 6.19. The van der Waals surface area contributed by atoms with Gasteiger partial charge in [-0.05, 0) is 67.0 Å². The van der Waals surface area contributed by atoms with E-state index >= 15 is 0 Å². The molecule has 0 unspecified atom stereocenters. The van der Waals surface area contributed by atoms with Gasteiger partial charge in [0.25, 0.3) is 5.91 Å². The second kappa shape index (κ2) is 8.92. The fourth-order valence-electron chi connectivity index (χ4n) is 4.83. The van der Waals surface area contributed by atoms with Crippen molar-refractivity contribution in [2.75, 3.05) is 0 Å². The zero-order chi connectivity index (χ0) is 23.8. The van der Waals surface area contributed by atoms with Crippen molar-refractivity contribution in [3.63, 3.8) is 0 Å². The van der Waals surface area contributed by atoms with Crippen molar-refractivity contribution in [3.8, 4) is 0 Å². The monoisotopic (exact) mass is 457 g/mol. The molecule has 1 fully saturated rings. The van der Waals surface area contributed by atoms with Crippen LogP contribution in [0, 0.1) is 5.92 Å². The van der Waals surface area contributed by atoms with E-state index in [2.05, 4.69) is 11.4 Å². The van der Waals surface area contributed by atoms with E-state index in [4.69, 9.17) is 5.73 Å². The van der Waals surface area contributed by atoms with Crippen LogP contribution in [-0.4, -0.2) is 16.4 Å². The quantitative estimate of drug-likeness (QED) is 0.573. The zero-order valence-electron chi connectivity index (χ0n) is 18.3. The Bertz CT molecular complexity index is 1190. The predicted molar refractivity (Wildman–Crippen MR) is 119 cm³/mol. The number of amides is 2. The SMILES string of the molecule is Cn1c(C(N)=O)cc2c(C3CCC(C(=O)NCc4cccc(C(F)(F)F)c4)CC3)cccc21. The number of hydrogen-bond donors (Lipinski definition) is 2. The van der Waals surface area contributed by atoms with Crippen molar-refractivity contribution in [1.82, 2.24) is 9.88 Å². The third-order valence-corrected chi connectivity index (χ3v) is 6.63. The van der Waals surface area contributed by atoms with Gasteiger partial charge in [0.05, 0.1) is 5.56 Å². The lowest BCUT2D eigenvalue weighted by Gasteiger charge is -2.28. The minimum absolute atomic E-state index is 0.0713. The van der Waals surface area contributed by atoms with Crippen molar-refractivity contribution >= 4 is 22.7 Å². The van der Waals surface area contributed by atoms with Crippen LogP contribution >= 0.6 is 0 Å². The van der Waals surface area contributed by atoms with E-state index in [0.29, 0.717) is 24.1 Å². The van der Waals surface area contributed by atoms with Gasteiger partial charge in [0.15, 0.2) is 0 Å². The molecule has 0 spiro atoms. The van der Waals surface area contributed by atoms with Crippen LogP contribution in [0.1, 0.15) is 58.8 Å². The average molecular weight is 457 g/mol. The molecule has 0 aliphatic heterocycles. The first-order valence-electron chi connectivity index (χ1n) is 11.0. The van der Waals surface area contributed by atoms with Crippen LogP contribution in [-0.2, 0) is 24.6 Å². The maximum atomic E-state index is 12.9. The molecule has 1 aliphatic rings. The highest BCUT2D eigenvalue weighted by Crippen LogP contribution is 2.39. The summed E-state index contributed by atoms with van der Waals surface area (Å²) in [6.45, 7) is 0.0713. The number of rotatable bonds is 5. The molecular formula is C25H26F3N3O2. The van der Waals surface area contributed by atoms with Crippen LogP contribution in [0.2, 0.25) is 0 Å². The second-order valence-corrected chi connectivity index (χ2v) is 8.70. The van der Waals surface area contributed by atoms with Gasteiger partial charge in [-0.15, -0.1) is 0 Å². The molecule has 174 valence electrons. The summed E-state index contributed by atoms with van der Waals surface area (Å²) in [6, 6.07) is 12.8. The van der Waals surface area contributed by atoms with Gasteiger partial charge in [0.2, 0.25) is 5.91 Å². The Morgan fingerprint density at radius 3 is 2.42 bits per heavy atom. The van der Waals surface area contributed by atoms with E-state index in [9.17, 15) is 22.8 Å². The number of benzene rings is 2. The van der Waals surface area contributed by atoms with Gasteiger partial charge in [0, 0.05) is 30.4 Å². The van der Waals surface area contributed by atoms with Crippen molar-refractivity contribution < 1.29 is 22.8 Å². The summed E-state index contributed by atoms with van der Waals surface area (Å²) in [5.74, 6) is -0.492. The largest absolute Gasteiger partial charge is 0.416 e. The summed E-state index contributed by atoms with van der Waals surface area (Å²) in [7, 11) is 1.82. The lowest BCUT2D eigenvalue weighted by molar-refractivity contribution is -0.137. The highest BCUT2D eigenvalue weighted by Gasteiger charge is 2.31. The Balaban J connectivity index is 1.39. The van der Waals surface area contributed by atoms with Gasteiger partial charge < -0.3 is 15.6 Å². The molecule has 4 rings (SSSR count). The molecule has 2 aromatic carbocycles. The van der Waals surface area contributed by atoms with E-state index in [-0.39, 0.29) is 24.3 Å². The molecule has 8 heteroatoms. The maximum absolute atomic E-state index is 12.9. The number of aromatic nitrogens is 1. The minimum atomic E-state index is -4.40. The Labute approximate surface area is 189 Å². The van der Waals surface area contributed by atoms with Crippen molar-refractivity contribution in [1.29, 1.82) is 0 Å². The first kappa shape index (κ1) is 22.9. The van der Waals surface area contributed by atoms with Gasteiger partial charge in [-0.3, -0.25) is 9.59 Å². The van der Waals surface area contributed by atoms with E-state index < -0.39 is 17.6 Å². The third kappa shape index (κ3) is 4.74. The molecule has 0 atom stereocenters. The number of carbonyl (C=O) groups excluding carboxylic acids is 2. The summed E-state index contributed by atoms with van der Waals surface area (Å²) >= 11 is 0. The average Bonchev–Trinajstić information content (AvgIpc) is 3.14. The lowest BCUT2D eigenvalue weighted by atomic mass is 9.77. The number of nitrogens with one attached hydrogen (secondary N) is 1. The van der Waals surface area contributed by atoms with Crippen molar-refractivity contribution in [3.05, 3.63) is 70.9 Å². The third-order valence-electron chi connectivity index (χ3n) is 6.63. The minimum Gasteiger partial charge on any atom is -0.364 e. The molecule has 2 amide bonds. The summed E-state index contributed by atoms with van der Waals surface area (Å²) in [5.41, 5.74) is 7.76. The molecule has 3 aromatic rings. The molecule has 1 aromatic heterocycles. The van der Waals surface area contributed by atoms with Crippen LogP contribution in [0.25, 0.3) is 10.9 Å². The molecule has 1 heterocycles. The number of hydrogen-bond acceptors (Lipinski definition) is 2. The summed E-state index contributed by atoms with van der Waals surface area (Å²) in [4.78, 5) is 24.4. The van der Waals surface area contributed by atoms with Gasteiger partial charge >= 0.3 is 6.18 Å². The number of halogens is 3. The van der Waals surface area contributed by atoms with Crippen LogP contribution < -0.4 is 11.1 Å². The summed E-state index contributed by atoms with van der Waals surface area (Å²) in [5, 5.41) is 3.80. The molecule has 3 N–H and O–H groups in total.